The molecule has 1 aromatic heterocycles. The zero-order valence-electron chi connectivity index (χ0n) is 11.4. The van der Waals surface area contributed by atoms with Crippen molar-refractivity contribution in [3.63, 3.8) is 0 Å². The molecule has 0 bridgehead atoms. The number of hydrogen-bond acceptors (Lipinski definition) is 5. The molecule has 1 aromatic carbocycles. The molecule has 0 amide bonds. The van der Waals surface area contributed by atoms with Gasteiger partial charge in [-0.3, -0.25) is 0 Å². The second-order valence-corrected chi connectivity index (χ2v) is 4.18. The maximum Gasteiger partial charge on any atom is 0.376 e. The van der Waals surface area contributed by atoms with Crippen LogP contribution in [-0.4, -0.2) is 25.2 Å². The molecule has 0 spiro atoms. The molecule has 0 radical (unpaired) electrons. The molecule has 0 aliphatic heterocycles. The summed E-state index contributed by atoms with van der Waals surface area (Å²) in [5, 5.41) is 0. The van der Waals surface area contributed by atoms with E-state index in [1.54, 1.807) is 13.0 Å². The minimum absolute atomic E-state index is 0.00641. The molecule has 2 aromatic rings. The third-order valence-corrected chi connectivity index (χ3v) is 2.77. The first-order valence-electron chi connectivity index (χ1n) is 5.90. The first kappa shape index (κ1) is 14.2. The van der Waals surface area contributed by atoms with Gasteiger partial charge in [-0.25, -0.2) is 14.2 Å². The first-order chi connectivity index (χ1) is 9.56. The molecule has 0 aliphatic rings. The molecule has 2 rings (SSSR count). The van der Waals surface area contributed by atoms with E-state index in [0.29, 0.717) is 16.8 Å². The molecule has 1 heterocycles. The summed E-state index contributed by atoms with van der Waals surface area (Å²) in [5.74, 6) is -0.748. The van der Waals surface area contributed by atoms with Crippen molar-refractivity contribution in [2.75, 3.05) is 14.2 Å². The molecule has 5 nitrogen and oxygen atoms in total. The van der Waals surface area contributed by atoms with Crippen molar-refractivity contribution in [2.45, 2.75) is 13.5 Å². The van der Waals surface area contributed by atoms with Gasteiger partial charge >= 0.3 is 5.97 Å². The lowest BCUT2D eigenvalue weighted by atomic mass is 10.1. The number of halogens is 1. The van der Waals surface area contributed by atoms with Gasteiger partial charge < -0.3 is 13.9 Å². The van der Waals surface area contributed by atoms with Crippen LogP contribution in [-0.2, 0) is 16.1 Å². The average Bonchev–Trinajstić information content (AvgIpc) is 2.82. The summed E-state index contributed by atoms with van der Waals surface area (Å²) in [6.07, 6.45) is 0. The van der Waals surface area contributed by atoms with Crippen LogP contribution in [0.15, 0.2) is 22.6 Å². The molecule has 0 saturated carbocycles. The number of rotatable bonds is 4. The molecule has 0 fully saturated rings. The molecule has 0 atom stereocenters. The second-order valence-electron chi connectivity index (χ2n) is 4.18. The minimum atomic E-state index is -0.629. The van der Waals surface area contributed by atoms with Crippen LogP contribution in [0.25, 0.3) is 11.5 Å². The number of nitrogens with zero attached hydrogens (tertiary/aromatic N) is 1. The van der Waals surface area contributed by atoms with E-state index in [2.05, 4.69) is 9.72 Å². The highest BCUT2D eigenvalue weighted by Gasteiger charge is 2.22. The minimum Gasteiger partial charge on any atom is -0.463 e. The van der Waals surface area contributed by atoms with Gasteiger partial charge in [0.1, 0.15) is 11.5 Å². The monoisotopic (exact) mass is 279 g/mol. The van der Waals surface area contributed by atoms with Gasteiger partial charge in [0.2, 0.25) is 11.7 Å². The van der Waals surface area contributed by atoms with Crippen molar-refractivity contribution in [3.8, 4) is 11.5 Å². The number of hydrogen-bond donors (Lipinski definition) is 0. The van der Waals surface area contributed by atoms with E-state index >= 15 is 0 Å². The normalized spacial score (nSPS) is 10.6. The molecule has 0 N–H and O–H groups in total. The third kappa shape index (κ3) is 2.70. The van der Waals surface area contributed by atoms with Crippen LogP contribution in [0, 0.1) is 12.7 Å². The van der Waals surface area contributed by atoms with Crippen molar-refractivity contribution < 1.29 is 23.1 Å². The van der Waals surface area contributed by atoms with Crippen molar-refractivity contribution in [1.82, 2.24) is 4.98 Å². The molecule has 106 valence electrons. The van der Waals surface area contributed by atoms with Crippen LogP contribution < -0.4 is 0 Å². The van der Waals surface area contributed by atoms with E-state index in [0.717, 1.165) is 0 Å². The zero-order chi connectivity index (χ0) is 14.7. The molecule has 20 heavy (non-hydrogen) atoms. The number of benzene rings is 1. The van der Waals surface area contributed by atoms with Crippen LogP contribution in [0.2, 0.25) is 0 Å². The van der Waals surface area contributed by atoms with Crippen LogP contribution >= 0.6 is 0 Å². The van der Waals surface area contributed by atoms with Crippen LogP contribution in [0.3, 0.4) is 0 Å². The maximum atomic E-state index is 13.1. The molecular weight excluding hydrogens is 265 g/mol. The van der Waals surface area contributed by atoms with Crippen molar-refractivity contribution >= 4 is 5.97 Å². The maximum absolute atomic E-state index is 13.1. The zero-order valence-corrected chi connectivity index (χ0v) is 11.4. The van der Waals surface area contributed by atoms with Gasteiger partial charge in [-0.15, -0.1) is 0 Å². The van der Waals surface area contributed by atoms with Crippen molar-refractivity contribution in [2.24, 2.45) is 0 Å². The smallest absolute Gasteiger partial charge is 0.376 e. The fraction of sp³-hybridized carbons (Fsp3) is 0.286. The Bertz CT molecular complexity index is 636. The number of ether oxygens (including phenoxy) is 2. The Hall–Kier alpha value is -2.21. The highest BCUT2D eigenvalue weighted by Crippen LogP contribution is 2.26. The van der Waals surface area contributed by atoms with Crippen molar-refractivity contribution in [3.05, 3.63) is 41.0 Å². The Balaban J connectivity index is 2.49. The predicted octanol–water partition coefficient (Wildman–Crippen LogP) is 2.72. The lowest BCUT2D eigenvalue weighted by molar-refractivity contribution is 0.0559. The fourth-order valence-electron chi connectivity index (χ4n) is 1.82. The van der Waals surface area contributed by atoms with E-state index in [9.17, 15) is 9.18 Å². The first-order valence-corrected chi connectivity index (χ1v) is 5.90. The Labute approximate surface area is 115 Å². The highest BCUT2D eigenvalue weighted by molar-refractivity contribution is 5.88. The lowest BCUT2D eigenvalue weighted by Crippen LogP contribution is -2.04. The van der Waals surface area contributed by atoms with E-state index in [1.807, 2.05) is 0 Å². The molecule has 6 heteroatoms. The summed E-state index contributed by atoms with van der Waals surface area (Å²) in [6.45, 7) is 1.85. The van der Waals surface area contributed by atoms with Crippen molar-refractivity contribution in [1.29, 1.82) is 0 Å². The fourth-order valence-corrected chi connectivity index (χ4v) is 1.82. The summed E-state index contributed by atoms with van der Waals surface area (Å²) in [4.78, 5) is 15.8. The Kier molecular flexibility index (Phi) is 4.14. The van der Waals surface area contributed by atoms with Crippen LogP contribution in [0.1, 0.15) is 21.8 Å². The number of carbonyl (C=O) groups excluding carboxylic acids is 1. The van der Waals surface area contributed by atoms with Gasteiger partial charge in [0.05, 0.1) is 13.7 Å². The second kappa shape index (κ2) is 5.83. The summed E-state index contributed by atoms with van der Waals surface area (Å²) in [6, 6.07) is 4.22. The number of oxazole rings is 1. The number of esters is 1. The SMILES string of the molecule is COCc1nc(-c2ccc(F)cc2C)oc1C(=O)OC. The van der Waals surface area contributed by atoms with Gasteiger partial charge in [0.15, 0.2) is 0 Å². The summed E-state index contributed by atoms with van der Waals surface area (Å²) >= 11 is 0. The largest absolute Gasteiger partial charge is 0.463 e. The molecule has 0 saturated heterocycles. The van der Waals surface area contributed by atoms with E-state index in [1.165, 1.54) is 26.4 Å². The lowest BCUT2D eigenvalue weighted by Gasteiger charge is -2.00. The van der Waals surface area contributed by atoms with Gasteiger partial charge in [0.25, 0.3) is 0 Å². The van der Waals surface area contributed by atoms with Gasteiger partial charge in [-0.1, -0.05) is 0 Å². The van der Waals surface area contributed by atoms with Crippen LogP contribution in [0.4, 0.5) is 4.39 Å². The standard InChI is InChI=1S/C14H14FNO4/c1-8-6-9(15)4-5-10(8)13-16-11(7-18-2)12(20-13)14(17)19-3/h4-6H,7H2,1-3H3. The summed E-state index contributed by atoms with van der Waals surface area (Å²) < 4.78 is 28.1. The van der Waals surface area contributed by atoms with Gasteiger partial charge in [-0.05, 0) is 30.7 Å². The quantitative estimate of drug-likeness (QED) is 0.805. The third-order valence-electron chi connectivity index (χ3n) is 2.77. The molecular formula is C14H14FNO4. The predicted molar refractivity (Wildman–Crippen MR) is 68.7 cm³/mol. The average molecular weight is 279 g/mol. The molecule has 0 unspecified atom stereocenters. The number of aromatic nitrogens is 1. The highest BCUT2D eigenvalue weighted by atomic mass is 19.1. The Morgan fingerprint density at radius 1 is 1.40 bits per heavy atom. The summed E-state index contributed by atoms with van der Waals surface area (Å²) in [5.41, 5.74) is 1.61. The summed E-state index contributed by atoms with van der Waals surface area (Å²) in [7, 11) is 2.74. The van der Waals surface area contributed by atoms with E-state index < -0.39 is 5.97 Å². The van der Waals surface area contributed by atoms with Gasteiger partial charge in [-0.2, -0.15) is 0 Å². The van der Waals surface area contributed by atoms with E-state index in [-0.39, 0.29) is 24.1 Å². The topological polar surface area (TPSA) is 61.6 Å². The number of methoxy groups -OCH3 is 2. The Morgan fingerprint density at radius 2 is 2.15 bits per heavy atom. The van der Waals surface area contributed by atoms with E-state index in [4.69, 9.17) is 9.15 Å². The Morgan fingerprint density at radius 3 is 2.75 bits per heavy atom. The number of carbonyl (C=O) groups is 1. The van der Waals surface area contributed by atoms with Gasteiger partial charge in [0, 0.05) is 12.7 Å². The molecule has 0 aliphatic carbocycles. The van der Waals surface area contributed by atoms with Crippen LogP contribution in [0.5, 0.6) is 0 Å². The number of aryl methyl sites for hydroxylation is 1.